The van der Waals surface area contributed by atoms with Crippen molar-refractivity contribution in [1.29, 1.82) is 0 Å². The SMILES string of the molecule is COC(=O)c1cc(-c2cc3ccccc3o2)n(-c2ccc(S(N)(=O)=O)cc2)n1. The molecule has 8 nitrogen and oxygen atoms in total. The molecule has 0 unspecified atom stereocenters. The summed E-state index contributed by atoms with van der Waals surface area (Å²) in [6.45, 7) is 0. The van der Waals surface area contributed by atoms with E-state index in [-0.39, 0.29) is 10.6 Å². The van der Waals surface area contributed by atoms with Gasteiger partial charge in [0, 0.05) is 11.5 Å². The number of ether oxygens (including phenoxy) is 1. The number of hydrogen-bond acceptors (Lipinski definition) is 6. The van der Waals surface area contributed by atoms with Gasteiger partial charge in [-0.3, -0.25) is 0 Å². The van der Waals surface area contributed by atoms with Gasteiger partial charge in [0.1, 0.15) is 11.3 Å². The van der Waals surface area contributed by atoms with E-state index in [0.717, 1.165) is 5.39 Å². The molecule has 2 N–H and O–H groups in total. The maximum atomic E-state index is 12.0. The maximum absolute atomic E-state index is 12.0. The van der Waals surface area contributed by atoms with E-state index in [1.54, 1.807) is 18.2 Å². The second-order valence-electron chi connectivity index (χ2n) is 6.01. The Balaban J connectivity index is 1.88. The number of aromatic nitrogens is 2. The summed E-state index contributed by atoms with van der Waals surface area (Å²) in [6, 6.07) is 16.7. The van der Waals surface area contributed by atoms with Gasteiger partial charge >= 0.3 is 5.97 Å². The fourth-order valence-electron chi connectivity index (χ4n) is 2.84. The van der Waals surface area contributed by atoms with E-state index in [1.165, 1.54) is 23.9 Å². The van der Waals surface area contributed by atoms with Crippen molar-refractivity contribution in [2.75, 3.05) is 7.11 Å². The molecule has 2 aromatic heterocycles. The van der Waals surface area contributed by atoms with Crippen LogP contribution in [0.2, 0.25) is 0 Å². The summed E-state index contributed by atoms with van der Waals surface area (Å²) in [6.07, 6.45) is 0. The highest BCUT2D eigenvalue weighted by molar-refractivity contribution is 7.89. The lowest BCUT2D eigenvalue weighted by atomic mass is 10.2. The molecule has 0 spiro atoms. The van der Waals surface area contributed by atoms with Crippen LogP contribution in [0.15, 0.2) is 70.0 Å². The molecule has 4 rings (SSSR count). The van der Waals surface area contributed by atoms with Crippen molar-refractivity contribution >= 4 is 27.0 Å². The molecule has 0 aliphatic heterocycles. The molecule has 28 heavy (non-hydrogen) atoms. The van der Waals surface area contributed by atoms with Gasteiger partial charge < -0.3 is 9.15 Å². The minimum Gasteiger partial charge on any atom is -0.464 e. The fourth-order valence-corrected chi connectivity index (χ4v) is 3.36. The third kappa shape index (κ3) is 3.17. The Bertz CT molecular complexity index is 1250. The van der Waals surface area contributed by atoms with E-state index in [0.29, 0.717) is 22.7 Å². The molecule has 4 aromatic rings. The lowest BCUT2D eigenvalue weighted by Crippen LogP contribution is -2.12. The van der Waals surface area contributed by atoms with Gasteiger partial charge in [-0.05, 0) is 36.4 Å². The first kappa shape index (κ1) is 18.0. The number of rotatable bonds is 4. The predicted octanol–water partition coefficient (Wildman–Crippen LogP) is 2.72. The number of fused-ring (bicyclic) bond motifs is 1. The van der Waals surface area contributed by atoms with Gasteiger partial charge in [0.2, 0.25) is 10.0 Å². The minimum absolute atomic E-state index is 0.0260. The van der Waals surface area contributed by atoms with Gasteiger partial charge in [-0.1, -0.05) is 18.2 Å². The van der Waals surface area contributed by atoms with E-state index >= 15 is 0 Å². The first-order valence-corrected chi connectivity index (χ1v) is 9.72. The number of furan rings is 1. The minimum atomic E-state index is -3.82. The van der Waals surface area contributed by atoms with Crippen molar-refractivity contribution in [1.82, 2.24) is 9.78 Å². The number of sulfonamides is 1. The van der Waals surface area contributed by atoms with Gasteiger partial charge in [0.15, 0.2) is 11.5 Å². The van der Waals surface area contributed by atoms with Crippen LogP contribution in [0.1, 0.15) is 10.5 Å². The summed E-state index contributed by atoms with van der Waals surface area (Å²) in [7, 11) is -2.55. The lowest BCUT2D eigenvalue weighted by molar-refractivity contribution is 0.0593. The molecule has 2 aromatic carbocycles. The fraction of sp³-hybridized carbons (Fsp3) is 0.0526. The third-order valence-corrected chi connectivity index (χ3v) is 5.12. The van der Waals surface area contributed by atoms with Gasteiger partial charge in [-0.25, -0.2) is 23.0 Å². The number of nitrogens with two attached hydrogens (primary N) is 1. The zero-order valence-corrected chi connectivity index (χ0v) is 15.5. The number of methoxy groups -OCH3 is 1. The zero-order valence-electron chi connectivity index (χ0n) is 14.7. The van der Waals surface area contributed by atoms with Crippen molar-refractivity contribution < 1.29 is 22.4 Å². The molecule has 9 heteroatoms. The summed E-state index contributed by atoms with van der Waals surface area (Å²) in [5, 5.41) is 10.3. The lowest BCUT2D eigenvalue weighted by Gasteiger charge is -2.06. The Morgan fingerprint density at radius 1 is 1.11 bits per heavy atom. The van der Waals surface area contributed by atoms with E-state index in [1.807, 2.05) is 30.3 Å². The smallest absolute Gasteiger partial charge is 0.358 e. The highest BCUT2D eigenvalue weighted by Gasteiger charge is 2.20. The summed E-state index contributed by atoms with van der Waals surface area (Å²) in [5.74, 6) is -0.100. The standard InChI is InChI=1S/C19H15N3O5S/c1-26-19(23)15-11-16(18-10-12-4-2-3-5-17(12)27-18)22(21-15)13-6-8-14(9-7-13)28(20,24)25/h2-11H,1H3,(H2,20,24,25). The highest BCUT2D eigenvalue weighted by Crippen LogP contribution is 2.30. The van der Waals surface area contributed by atoms with Crippen LogP contribution in [0.4, 0.5) is 0 Å². The average molecular weight is 397 g/mol. The molecule has 0 radical (unpaired) electrons. The molecule has 0 aliphatic carbocycles. The van der Waals surface area contributed by atoms with Crippen molar-refractivity contribution in [2.45, 2.75) is 4.90 Å². The van der Waals surface area contributed by atoms with Gasteiger partial charge in [0.25, 0.3) is 0 Å². The Morgan fingerprint density at radius 3 is 2.46 bits per heavy atom. The molecule has 0 saturated carbocycles. The molecule has 142 valence electrons. The Kier molecular flexibility index (Phi) is 4.25. The van der Waals surface area contributed by atoms with Crippen molar-refractivity contribution in [3.63, 3.8) is 0 Å². The predicted molar refractivity (Wildman–Crippen MR) is 101 cm³/mol. The molecule has 0 bridgehead atoms. The van der Waals surface area contributed by atoms with Crippen LogP contribution in [-0.2, 0) is 14.8 Å². The number of benzene rings is 2. The summed E-state index contributed by atoms with van der Waals surface area (Å²) in [5.41, 5.74) is 1.82. The number of primary sulfonamides is 1. The van der Waals surface area contributed by atoms with Crippen molar-refractivity contribution in [3.05, 3.63) is 66.4 Å². The van der Waals surface area contributed by atoms with E-state index in [4.69, 9.17) is 14.3 Å². The van der Waals surface area contributed by atoms with E-state index in [9.17, 15) is 13.2 Å². The van der Waals surface area contributed by atoms with E-state index in [2.05, 4.69) is 5.10 Å². The molecule has 0 saturated heterocycles. The van der Waals surface area contributed by atoms with Crippen LogP contribution in [-0.4, -0.2) is 31.3 Å². The number of carbonyl (C=O) groups is 1. The Hall–Kier alpha value is -3.43. The summed E-state index contributed by atoms with van der Waals surface area (Å²) < 4.78 is 35.1. The number of carbonyl (C=O) groups excluding carboxylic acids is 1. The number of para-hydroxylation sites is 1. The highest BCUT2D eigenvalue weighted by atomic mass is 32.2. The van der Waals surface area contributed by atoms with Crippen LogP contribution in [0.25, 0.3) is 28.1 Å². The monoisotopic (exact) mass is 397 g/mol. The van der Waals surface area contributed by atoms with Gasteiger partial charge in [0.05, 0.1) is 17.7 Å². The van der Waals surface area contributed by atoms with Crippen LogP contribution in [0.3, 0.4) is 0 Å². The third-order valence-electron chi connectivity index (χ3n) is 4.19. The molecule has 2 heterocycles. The largest absolute Gasteiger partial charge is 0.464 e. The molecule has 0 amide bonds. The molecule has 0 aliphatic rings. The van der Waals surface area contributed by atoms with Crippen LogP contribution in [0.5, 0.6) is 0 Å². The van der Waals surface area contributed by atoms with Crippen LogP contribution < -0.4 is 5.14 Å². The molecular formula is C19H15N3O5S. The maximum Gasteiger partial charge on any atom is 0.358 e. The summed E-state index contributed by atoms with van der Waals surface area (Å²) >= 11 is 0. The number of hydrogen-bond donors (Lipinski definition) is 1. The van der Waals surface area contributed by atoms with Gasteiger partial charge in [-0.2, -0.15) is 5.10 Å². The second kappa shape index (κ2) is 6.63. The van der Waals surface area contributed by atoms with Crippen molar-refractivity contribution in [3.8, 4) is 17.1 Å². The van der Waals surface area contributed by atoms with E-state index < -0.39 is 16.0 Å². The Morgan fingerprint density at radius 2 is 1.82 bits per heavy atom. The second-order valence-corrected chi connectivity index (χ2v) is 7.57. The van der Waals surface area contributed by atoms with Crippen LogP contribution >= 0.6 is 0 Å². The first-order valence-electron chi connectivity index (χ1n) is 8.17. The van der Waals surface area contributed by atoms with Crippen molar-refractivity contribution in [2.24, 2.45) is 5.14 Å². The summed E-state index contributed by atoms with van der Waals surface area (Å²) in [4.78, 5) is 11.9. The first-order chi connectivity index (χ1) is 13.4. The molecular weight excluding hydrogens is 382 g/mol. The molecule has 0 atom stereocenters. The van der Waals surface area contributed by atoms with Gasteiger partial charge in [-0.15, -0.1) is 0 Å². The normalized spacial score (nSPS) is 11.6. The number of esters is 1. The topological polar surface area (TPSA) is 117 Å². The average Bonchev–Trinajstić information content (AvgIpc) is 3.31. The number of nitrogens with zero attached hydrogens (tertiary/aromatic N) is 2. The van der Waals surface area contributed by atoms with Crippen LogP contribution in [0, 0.1) is 0 Å². The molecule has 0 fully saturated rings. The quantitative estimate of drug-likeness (QED) is 0.529. The zero-order chi connectivity index (χ0) is 19.9. The Labute approximate surface area is 160 Å².